The normalized spacial score (nSPS) is 10.6. The van der Waals surface area contributed by atoms with Crippen molar-refractivity contribution in [2.24, 2.45) is 5.92 Å². The second-order valence-electron chi connectivity index (χ2n) is 4.76. The van der Waals surface area contributed by atoms with Gasteiger partial charge in [-0.25, -0.2) is 0 Å². The summed E-state index contributed by atoms with van der Waals surface area (Å²) in [7, 11) is 0. The number of ether oxygens (including phenoxy) is 1. The second-order valence-corrected chi connectivity index (χ2v) is 4.76. The van der Waals surface area contributed by atoms with Crippen LogP contribution in [0.25, 0.3) is 0 Å². The van der Waals surface area contributed by atoms with Gasteiger partial charge in [0.25, 0.3) is 0 Å². The smallest absolute Gasteiger partial charge is 0.193 e. The van der Waals surface area contributed by atoms with Crippen LogP contribution in [0.5, 0.6) is 5.75 Å². The van der Waals surface area contributed by atoms with Crippen molar-refractivity contribution in [3.8, 4) is 5.75 Å². The highest BCUT2D eigenvalue weighted by atomic mass is 16.5. The molecule has 0 radical (unpaired) electrons. The maximum atomic E-state index is 12.2. The van der Waals surface area contributed by atoms with Crippen LogP contribution in [0.15, 0.2) is 54.6 Å². The highest BCUT2D eigenvalue weighted by Crippen LogP contribution is 2.16. The first-order chi connectivity index (χ1) is 10.2. The van der Waals surface area contributed by atoms with E-state index in [2.05, 4.69) is 0 Å². The van der Waals surface area contributed by atoms with Gasteiger partial charge in [0.05, 0.1) is 19.8 Å². The molecule has 0 atom stereocenters. The molecular weight excluding hydrogens is 268 g/mol. The third kappa shape index (κ3) is 4.15. The Morgan fingerprint density at radius 1 is 0.905 bits per heavy atom. The summed E-state index contributed by atoms with van der Waals surface area (Å²) >= 11 is 0. The SMILES string of the molecule is O=C(c1ccccc1)c1ccc(OCC(CO)CO)cc1. The molecular formula is C17H18O4. The van der Waals surface area contributed by atoms with Crippen LogP contribution in [0.3, 0.4) is 0 Å². The first-order valence-electron chi connectivity index (χ1n) is 6.79. The number of ketones is 1. The van der Waals surface area contributed by atoms with E-state index in [4.69, 9.17) is 14.9 Å². The fourth-order valence-corrected chi connectivity index (χ4v) is 1.84. The second kappa shape index (κ2) is 7.57. The number of benzene rings is 2. The molecule has 4 heteroatoms. The Balaban J connectivity index is 2.00. The minimum Gasteiger partial charge on any atom is -0.493 e. The van der Waals surface area contributed by atoms with Crippen LogP contribution < -0.4 is 4.74 Å². The van der Waals surface area contributed by atoms with Gasteiger partial charge < -0.3 is 14.9 Å². The molecule has 2 aromatic rings. The Morgan fingerprint density at radius 3 is 2.05 bits per heavy atom. The van der Waals surface area contributed by atoms with Gasteiger partial charge in [0.2, 0.25) is 0 Å². The van der Waals surface area contributed by atoms with E-state index in [-0.39, 0.29) is 31.5 Å². The van der Waals surface area contributed by atoms with E-state index in [1.165, 1.54) is 0 Å². The predicted octanol–water partition coefficient (Wildman–Crippen LogP) is 1.90. The summed E-state index contributed by atoms with van der Waals surface area (Å²) in [5.41, 5.74) is 1.24. The summed E-state index contributed by atoms with van der Waals surface area (Å²) < 4.78 is 5.46. The zero-order valence-corrected chi connectivity index (χ0v) is 11.6. The van der Waals surface area contributed by atoms with Crippen LogP contribution in [0.2, 0.25) is 0 Å². The zero-order valence-electron chi connectivity index (χ0n) is 11.6. The van der Waals surface area contributed by atoms with E-state index in [1.807, 2.05) is 18.2 Å². The highest BCUT2D eigenvalue weighted by molar-refractivity contribution is 6.08. The highest BCUT2D eigenvalue weighted by Gasteiger charge is 2.09. The fourth-order valence-electron chi connectivity index (χ4n) is 1.84. The largest absolute Gasteiger partial charge is 0.493 e. The minimum atomic E-state index is -0.296. The van der Waals surface area contributed by atoms with Gasteiger partial charge in [-0.3, -0.25) is 4.79 Å². The Kier molecular flexibility index (Phi) is 5.49. The van der Waals surface area contributed by atoms with Gasteiger partial charge in [0, 0.05) is 17.0 Å². The summed E-state index contributed by atoms with van der Waals surface area (Å²) in [6.45, 7) is -0.0128. The van der Waals surface area contributed by atoms with Crippen LogP contribution in [0.4, 0.5) is 0 Å². The van der Waals surface area contributed by atoms with Crippen LogP contribution in [-0.4, -0.2) is 35.8 Å². The van der Waals surface area contributed by atoms with Crippen molar-refractivity contribution < 1.29 is 19.7 Å². The van der Waals surface area contributed by atoms with Gasteiger partial charge in [0.1, 0.15) is 5.75 Å². The molecule has 0 aliphatic carbocycles. The summed E-state index contributed by atoms with van der Waals surface area (Å²) in [5.74, 6) is 0.271. The van der Waals surface area contributed by atoms with Crippen LogP contribution in [0, 0.1) is 5.92 Å². The van der Waals surface area contributed by atoms with Crippen molar-refractivity contribution in [1.82, 2.24) is 0 Å². The third-order valence-electron chi connectivity index (χ3n) is 3.15. The van der Waals surface area contributed by atoms with Gasteiger partial charge in [-0.05, 0) is 24.3 Å². The Morgan fingerprint density at radius 2 is 1.48 bits per heavy atom. The van der Waals surface area contributed by atoms with Crippen molar-refractivity contribution >= 4 is 5.78 Å². The van der Waals surface area contributed by atoms with Gasteiger partial charge in [-0.2, -0.15) is 0 Å². The average molecular weight is 286 g/mol. The van der Waals surface area contributed by atoms with E-state index in [0.717, 1.165) is 0 Å². The van der Waals surface area contributed by atoms with Crippen molar-refractivity contribution in [2.45, 2.75) is 0 Å². The van der Waals surface area contributed by atoms with E-state index < -0.39 is 0 Å². The van der Waals surface area contributed by atoms with Gasteiger partial charge in [-0.1, -0.05) is 30.3 Å². The van der Waals surface area contributed by atoms with Gasteiger partial charge in [0.15, 0.2) is 5.78 Å². The third-order valence-corrected chi connectivity index (χ3v) is 3.15. The number of rotatable bonds is 7. The van der Waals surface area contributed by atoms with E-state index in [9.17, 15) is 4.79 Å². The molecule has 0 aromatic heterocycles. The summed E-state index contributed by atoms with van der Waals surface area (Å²) in [5, 5.41) is 17.9. The molecule has 0 saturated heterocycles. The lowest BCUT2D eigenvalue weighted by atomic mass is 10.0. The molecule has 0 heterocycles. The average Bonchev–Trinajstić information content (AvgIpc) is 2.56. The lowest BCUT2D eigenvalue weighted by molar-refractivity contribution is 0.103. The fraction of sp³-hybridized carbons (Fsp3) is 0.235. The Bertz CT molecular complexity index is 559. The van der Waals surface area contributed by atoms with E-state index in [0.29, 0.717) is 16.9 Å². The predicted molar refractivity (Wildman–Crippen MR) is 79.5 cm³/mol. The lowest BCUT2D eigenvalue weighted by Crippen LogP contribution is -2.19. The first-order valence-corrected chi connectivity index (χ1v) is 6.79. The number of aliphatic hydroxyl groups excluding tert-OH is 2. The number of hydrogen-bond donors (Lipinski definition) is 2. The quantitative estimate of drug-likeness (QED) is 0.763. The molecule has 2 rings (SSSR count). The number of carbonyl (C=O) groups excluding carboxylic acids is 1. The monoisotopic (exact) mass is 286 g/mol. The minimum absolute atomic E-state index is 0.0363. The molecule has 0 spiro atoms. The van der Waals surface area contributed by atoms with E-state index >= 15 is 0 Å². The summed E-state index contributed by atoms with van der Waals surface area (Å²) in [6, 6.07) is 15.9. The Labute approximate surface area is 123 Å². The van der Waals surface area contributed by atoms with Crippen LogP contribution in [-0.2, 0) is 0 Å². The summed E-state index contributed by atoms with van der Waals surface area (Å²) in [4.78, 5) is 12.2. The standard InChI is InChI=1S/C17H18O4/c18-10-13(11-19)12-21-16-8-6-15(7-9-16)17(20)14-4-2-1-3-5-14/h1-9,13,18-19H,10-12H2. The van der Waals surface area contributed by atoms with Crippen molar-refractivity contribution in [3.63, 3.8) is 0 Å². The first kappa shape index (κ1) is 15.2. The number of hydrogen-bond acceptors (Lipinski definition) is 4. The lowest BCUT2D eigenvalue weighted by Gasteiger charge is -2.12. The number of carbonyl (C=O) groups is 1. The van der Waals surface area contributed by atoms with Gasteiger partial charge >= 0.3 is 0 Å². The molecule has 2 aromatic carbocycles. The zero-order chi connectivity index (χ0) is 15.1. The molecule has 110 valence electrons. The molecule has 21 heavy (non-hydrogen) atoms. The van der Waals surface area contributed by atoms with Crippen molar-refractivity contribution in [2.75, 3.05) is 19.8 Å². The van der Waals surface area contributed by atoms with E-state index in [1.54, 1.807) is 36.4 Å². The topological polar surface area (TPSA) is 66.8 Å². The molecule has 0 saturated carbocycles. The molecule has 0 fully saturated rings. The molecule has 0 aliphatic rings. The van der Waals surface area contributed by atoms with Crippen molar-refractivity contribution in [3.05, 3.63) is 65.7 Å². The molecule has 4 nitrogen and oxygen atoms in total. The Hall–Kier alpha value is -2.17. The maximum Gasteiger partial charge on any atom is 0.193 e. The summed E-state index contributed by atoms with van der Waals surface area (Å²) in [6.07, 6.45) is 0. The molecule has 0 bridgehead atoms. The van der Waals surface area contributed by atoms with Crippen molar-refractivity contribution in [1.29, 1.82) is 0 Å². The van der Waals surface area contributed by atoms with Crippen LogP contribution in [0.1, 0.15) is 15.9 Å². The maximum absolute atomic E-state index is 12.2. The molecule has 0 unspecified atom stereocenters. The molecule has 0 amide bonds. The van der Waals surface area contributed by atoms with Crippen LogP contribution >= 0.6 is 0 Å². The van der Waals surface area contributed by atoms with Gasteiger partial charge in [-0.15, -0.1) is 0 Å². The molecule has 0 aliphatic heterocycles. The number of aliphatic hydroxyl groups is 2. The molecule has 2 N–H and O–H groups in total.